The van der Waals surface area contributed by atoms with Crippen molar-refractivity contribution in [2.24, 2.45) is 0 Å². The van der Waals surface area contributed by atoms with Gasteiger partial charge in [0, 0.05) is 18.1 Å². The normalized spacial score (nSPS) is 13.3. The first-order valence-electron chi connectivity index (χ1n) is 5.36. The summed E-state index contributed by atoms with van der Waals surface area (Å²) in [6.07, 6.45) is 1.44. The number of benzene rings is 1. The second-order valence-corrected chi connectivity index (χ2v) is 3.60. The van der Waals surface area contributed by atoms with Gasteiger partial charge in [0.05, 0.1) is 7.11 Å². The van der Waals surface area contributed by atoms with Crippen LogP contribution in [0.4, 0.5) is 4.39 Å². The van der Waals surface area contributed by atoms with Crippen LogP contribution in [0.5, 0.6) is 17.2 Å². The molecule has 1 aliphatic heterocycles. The van der Waals surface area contributed by atoms with Crippen LogP contribution in [0.2, 0.25) is 0 Å². The minimum Gasteiger partial charge on any atom is -0.493 e. The first kappa shape index (κ1) is 11.7. The second kappa shape index (κ2) is 5.03. The van der Waals surface area contributed by atoms with Gasteiger partial charge in [0.1, 0.15) is 19.5 Å². The first-order valence-corrected chi connectivity index (χ1v) is 5.36. The van der Waals surface area contributed by atoms with Gasteiger partial charge in [-0.15, -0.1) is 0 Å². The molecule has 0 amide bonds. The molecule has 0 N–H and O–H groups in total. The number of fused-ring (bicyclic) bond motifs is 1. The molecule has 0 bridgehead atoms. The largest absolute Gasteiger partial charge is 0.493 e. The highest BCUT2D eigenvalue weighted by molar-refractivity contribution is 5.58. The van der Waals surface area contributed by atoms with Gasteiger partial charge in [-0.1, -0.05) is 0 Å². The molecule has 92 valence electrons. The van der Waals surface area contributed by atoms with Crippen molar-refractivity contribution >= 4 is 6.29 Å². The highest BCUT2D eigenvalue weighted by Crippen LogP contribution is 2.41. The van der Waals surface area contributed by atoms with E-state index in [4.69, 9.17) is 14.2 Å². The maximum atomic E-state index is 13.7. The molecule has 0 aliphatic carbocycles. The fourth-order valence-corrected chi connectivity index (χ4v) is 1.85. The molecule has 17 heavy (non-hydrogen) atoms. The van der Waals surface area contributed by atoms with Crippen LogP contribution in [0.15, 0.2) is 6.07 Å². The van der Waals surface area contributed by atoms with Crippen LogP contribution in [-0.4, -0.2) is 26.6 Å². The number of carbonyl (C=O) groups excluding carboxylic acids is 1. The van der Waals surface area contributed by atoms with Crippen molar-refractivity contribution in [3.63, 3.8) is 0 Å². The summed E-state index contributed by atoms with van der Waals surface area (Å²) in [6, 6.07) is 1.25. The van der Waals surface area contributed by atoms with Gasteiger partial charge in [0.15, 0.2) is 23.1 Å². The van der Waals surface area contributed by atoms with Crippen LogP contribution in [0.1, 0.15) is 12.0 Å². The molecular weight excluding hydrogens is 227 g/mol. The number of rotatable bonds is 4. The Morgan fingerprint density at radius 1 is 1.47 bits per heavy atom. The quantitative estimate of drug-likeness (QED) is 0.752. The standard InChI is InChI=1S/C12H13FO4/c1-15-11-8(3-2-4-14)12-10(7-9(11)13)16-5-6-17-12/h4,7H,2-3,5-6H2,1H3. The number of ether oxygens (including phenoxy) is 3. The summed E-state index contributed by atoms with van der Waals surface area (Å²) < 4.78 is 29.5. The monoisotopic (exact) mass is 240 g/mol. The SMILES string of the molecule is COc1c(F)cc2c(c1CCC=O)OCCO2. The van der Waals surface area contributed by atoms with Crippen LogP contribution < -0.4 is 14.2 Å². The third-order valence-corrected chi connectivity index (χ3v) is 2.55. The van der Waals surface area contributed by atoms with E-state index in [0.717, 1.165) is 6.29 Å². The summed E-state index contributed by atoms with van der Waals surface area (Å²) in [5.74, 6) is 0.473. The molecule has 2 rings (SSSR count). The lowest BCUT2D eigenvalue weighted by Gasteiger charge is -2.22. The molecule has 0 radical (unpaired) electrons. The Bertz CT molecular complexity index is 431. The molecule has 1 aromatic carbocycles. The van der Waals surface area contributed by atoms with Crippen LogP contribution >= 0.6 is 0 Å². The number of aldehydes is 1. The molecule has 1 heterocycles. The molecule has 1 aromatic rings. The average molecular weight is 240 g/mol. The van der Waals surface area contributed by atoms with Gasteiger partial charge in [-0.05, 0) is 6.42 Å². The Hall–Kier alpha value is -1.78. The van der Waals surface area contributed by atoms with Gasteiger partial charge in [-0.3, -0.25) is 0 Å². The molecule has 4 nitrogen and oxygen atoms in total. The molecule has 0 saturated heterocycles. The number of hydrogen-bond donors (Lipinski definition) is 0. The van der Waals surface area contributed by atoms with Crippen LogP contribution in [-0.2, 0) is 11.2 Å². The fourth-order valence-electron chi connectivity index (χ4n) is 1.85. The molecule has 5 heteroatoms. The molecule has 0 atom stereocenters. The predicted octanol–water partition coefficient (Wildman–Crippen LogP) is 1.74. The van der Waals surface area contributed by atoms with E-state index in [2.05, 4.69) is 0 Å². The maximum Gasteiger partial charge on any atom is 0.169 e. The number of methoxy groups -OCH3 is 1. The van der Waals surface area contributed by atoms with Crippen molar-refractivity contribution in [1.29, 1.82) is 0 Å². The third-order valence-electron chi connectivity index (χ3n) is 2.55. The second-order valence-electron chi connectivity index (χ2n) is 3.60. The van der Waals surface area contributed by atoms with Gasteiger partial charge < -0.3 is 19.0 Å². The zero-order valence-corrected chi connectivity index (χ0v) is 9.49. The van der Waals surface area contributed by atoms with Crippen molar-refractivity contribution in [2.75, 3.05) is 20.3 Å². The van der Waals surface area contributed by atoms with Gasteiger partial charge in [0.2, 0.25) is 0 Å². The number of carbonyl (C=O) groups is 1. The van der Waals surface area contributed by atoms with E-state index in [1.165, 1.54) is 13.2 Å². The predicted molar refractivity (Wildman–Crippen MR) is 58.3 cm³/mol. The number of hydrogen-bond acceptors (Lipinski definition) is 4. The maximum absolute atomic E-state index is 13.7. The summed E-state index contributed by atoms with van der Waals surface area (Å²) in [6.45, 7) is 0.807. The Balaban J connectivity index is 2.48. The van der Waals surface area contributed by atoms with Crippen molar-refractivity contribution in [1.82, 2.24) is 0 Å². The molecule has 0 spiro atoms. The van der Waals surface area contributed by atoms with Gasteiger partial charge in [-0.2, -0.15) is 0 Å². The van der Waals surface area contributed by atoms with Crippen LogP contribution in [0.25, 0.3) is 0 Å². The minimum atomic E-state index is -0.502. The Labute approximate surface area is 98.3 Å². The highest BCUT2D eigenvalue weighted by Gasteiger charge is 2.23. The van der Waals surface area contributed by atoms with Gasteiger partial charge in [-0.25, -0.2) is 4.39 Å². The Morgan fingerprint density at radius 2 is 2.24 bits per heavy atom. The number of halogens is 1. The van der Waals surface area contributed by atoms with Crippen molar-refractivity contribution in [3.8, 4) is 17.2 Å². The van der Waals surface area contributed by atoms with Crippen LogP contribution in [0.3, 0.4) is 0 Å². The van der Waals surface area contributed by atoms with Gasteiger partial charge >= 0.3 is 0 Å². The molecular formula is C12H13FO4. The summed E-state index contributed by atoms with van der Waals surface area (Å²) in [4.78, 5) is 10.4. The lowest BCUT2D eigenvalue weighted by Crippen LogP contribution is -2.17. The van der Waals surface area contributed by atoms with Crippen molar-refractivity contribution in [2.45, 2.75) is 12.8 Å². The lowest BCUT2D eigenvalue weighted by atomic mass is 10.1. The van der Waals surface area contributed by atoms with E-state index >= 15 is 0 Å². The molecule has 0 aromatic heterocycles. The van der Waals surface area contributed by atoms with Crippen LogP contribution in [0, 0.1) is 5.82 Å². The van der Waals surface area contributed by atoms with E-state index in [0.29, 0.717) is 36.7 Å². The fraction of sp³-hybridized carbons (Fsp3) is 0.417. The molecule has 1 aliphatic rings. The smallest absolute Gasteiger partial charge is 0.169 e. The zero-order chi connectivity index (χ0) is 12.3. The molecule has 0 unspecified atom stereocenters. The van der Waals surface area contributed by atoms with E-state index in [9.17, 15) is 9.18 Å². The average Bonchev–Trinajstić information content (AvgIpc) is 2.35. The Morgan fingerprint density at radius 3 is 2.94 bits per heavy atom. The molecule has 0 saturated carbocycles. The highest BCUT2D eigenvalue weighted by atomic mass is 19.1. The van der Waals surface area contributed by atoms with E-state index < -0.39 is 5.82 Å². The summed E-state index contributed by atoms with van der Waals surface area (Å²) >= 11 is 0. The van der Waals surface area contributed by atoms with E-state index in [1.807, 2.05) is 0 Å². The zero-order valence-electron chi connectivity index (χ0n) is 9.49. The van der Waals surface area contributed by atoms with Crippen molar-refractivity contribution in [3.05, 3.63) is 17.4 Å². The molecule has 0 fully saturated rings. The third kappa shape index (κ3) is 2.18. The van der Waals surface area contributed by atoms with Crippen molar-refractivity contribution < 1.29 is 23.4 Å². The van der Waals surface area contributed by atoms with E-state index in [1.54, 1.807) is 0 Å². The summed E-state index contributed by atoms with van der Waals surface area (Å²) in [7, 11) is 1.39. The minimum absolute atomic E-state index is 0.121. The van der Waals surface area contributed by atoms with Gasteiger partial charge in [0.25, 0.3) is 0 Å². The summed E-state index contributed by atoms with van der Waals surface area (Å²) in [5.41, 5.74) is 0.550. The topological polar surface area (TPSA) is 44.8 Å². The lowest BCUT2D eigenvalue weighted by molar-refractivity contribution is -0.107. The Kier molecular flexibility index (Phi) is 3.46. The van der Waals surface area contributed by atoms with E-state index in [-0.39, 0.29) is 12.2 Å². The summed E-state index contributed by atoms with van der Waals surface area (Å²) in [5, 5.41) is 0. The first-order chi connectivity index (χ1) is 8.27.